The number of carbonyl (C=O) groups excluding carboxylic acids is 1. The molecule has 1 aliphatic rings. The predicted octanol–water partition coefficient (Wildman–Crippen LogP) is 1.09. The number of hydrogen-bond donors (Lipinski definition) is 5. The summed E-state index contributed by atoms with van der Waals surface area (Å²) >= 11 is 0. The van der Waals surface area contributed by atoms with Crippen molar-refractivity contribution in [1.29, 1.82) is 0 Å². The number of halogens is 1. The molecule has 0 bridgehead atoms. The number of carbonyl (C=O) groups is 1. The first-order chi connectivity index (χ1) is 17.4. The minimum atomic E-state index is -4.39. The number of rotatable bonds is 11. The Bertz CT molecular complexity index is 1180. The normalized spacial score (nSPS) is 25.9. The minimum Gasteiger partial charge on any atom is -0.462 e. The second-order valence-electron chi connectivity index (χ2n) is 8.35. The zero-order valence-corrected chi connectivity index (χ0v) is 20.9. The van der Waals surface area contributed by atoms with Crippen molar-refractivity contribution < 1.29 is 47.7 Å². The lowest BCUT2D eigenvalue weighted by Crippen LogP contribution is -2.45. The number of alkyl halides is 1. The number of nitrogens with zero attached hydrogens (tertiary/aromatic N) is 2. The third-order valence-corrected chi connectivity index (χ3v) is 6.69. The molecule has 3 rings (SSSR count). The number of aliphatic hydroxyl groups is 2. The van der Waals surface area contributed by atoms with Crippen LogP contribution in [-0.4, -0.2) is 67.8 Å². The Morgan fingerprint density at radius 2 is 1.97 bits per heavy atom. The number of aromatic nitrogens is 2. The fourth-order valence-electron chi connectivity index (χ4n) is 3.29. The molecule has 2 aromatic rings. The van der Waals surface area contributed by atoms with Gasteiger partial charge in [-0.25, -0.2) is 13.8 Å². The number of para-hydroxylation sites is 1. The highest BCUT2D eigenvalue weighted by atomic mass is 31.2. The number of ether oxygens (including phenoxy) is 2. The molecule has 1 aromatic heterocycles. The first-order valence-corrected chi connectivity index (χ1v) is 12.6. The molecule has 0 amide bonds. The molecule has 6 atom stereocenters. The van der Waals surface area contributed by atoms with Gasteiger partial charge in [0.05, 0.1) is 12.7 Å². The largest absolute Gasteiger partial charge is 0.462 e. The van der Waals surface area contributed by atoms with Gasteiger partial charge in [-0.2, -0.15) is 10.1 Å². The lowest BCUT2D eigenvalue weighted by atomic mass is 10.1. The first-order valence-electron chi connectivity index (χ1n) is 11.1. The van der Waals surface area contributed by atoms with E-state index in [1.165, 1.54) is 19.1 Å². The maximum absolute atomic E-state index is 15.1. The van der Waals surface area contributed by atoms with Crippen molar-refractivity contribution >= 4 is 19.5 Å². The molecule has 1 saturated heterocycles. The molecule has 0 aliphatic carbocycles. The molecule has 1 aliphatic heterocycles. The lowest BCUT2D eigenvalue weighted by molar-refractivity contribution is -0.197. The molecule has 1 fully saturated rings. The highest BCUT2D eigenvalue weighted by molar-refractivity contribution is 7.52. The molecule has 0 saturated carbocycles. The highest BCUT2D eigenvalue weighted by Gasteiger charge is 2.58. The van der Waals surface area contributed by atoms with Crippen LogP contribution in [0, 0.1) is 0 Å². The Morgan fingerprint density at radius 3 is 2.57 bits per heavy atom. The van der Waals surface area contributed by atoms with Crippen molar-refractivity contribution in [2.75, 3.05) is 12.1 Å². The van der Waals surface area contributed by atoms with Gasteiger partial charge >= 0.3 is 19.4 Å². The molecule has 5 N–H and O–H groups in total. The summed E-state index contributed by atoms with van der Waals surface area (Å²) in [5, 5.41) is 31.9. The third kappa shape index (κ3) is 6.90. The number of nitrogens with one attached hydrogen (secondary N) is 2. The van der Waals surface area contributed by atoms with E-state index in [-0.39, 0.29) is 11.6 Å². The van der Waals surface area contributed by atoms with Crippen LogP contribution in [0.5, 0.6) is 5.75 Å². The van der Waals surface area contributed by atoms with Crippen LogP contribution in [0.1, 0.15) is 27.0 Å². The monoisotopic (exact) mass is 546 g/mol. The van der Waals surface area contributed by atoms with Gasteiger partial charge < -0.3 is 24.2 Å². The Balaban J connectivity index is 1.79. The topological polar surface area (TPSA) is 191 Å². The second kappa shape index (κ2) is 11.6. The molecule has 0 spiro atoms. The summed E-state index contributed by atoms with van der Waals surface area (Å²) in [4.78, 5) is 27.8. The van der Waals surface area contributed by atoms with E-state index in [1.807, 2.05) is 0 Å². The van der Waals surface area contributed by atoms with E-state index in [0.29, 0.717) is 4.57 Å². The fraction of sp³-hybridized carbons (Fsp3) is 0.476. The van der Waals surface area contributed by atoms with E-state index in [4.69, 9.17) is 23.7 Å². The van der Waals surface area contributed by atoms with Crippen LogP contribution in [0.25, 0.3) is 0 Å². The molecule has 204 valence electrons. The van der Waals surface area contributed by atoms with Gasteiger partial charge in [0.1, 0.15) is 24.0 Å². The molecule has 1 unspecified atom stereocenters. The quantitative estimate of drug-likeness (QED) is 0.153. The van der Waals surface area contributed by atoms with Crippen LogP contribution in [0.2, 0.25) is 0 Å². The van der Waals surface area contributed by atoms with Crippen molar-refractivity contribution in [2.45, 2.75) is 57.2 Å². The summed E-state index contributed by atoms with van der Waals surface area (Å²) in [6, 6.07) is 7.72. The fourth-order valence-corrected chi connectivity index (χ4v) is 4.79. The van der Waals surface area contributed by atoms with Crippen molar-refractivity contribution in [3.8, 4) is 5.75 Å². The summed E-state index contributed by atoms with van der Waals surface area (Å²) in [5.74, 6) is -4.39. The summed E-state index contributed by atoms with van der Waals surface area (Å²) in [6.07, 6.45) is -5.45. The second-order valence-corrected chi connectivity index (χ2v) is 10.0. The van der Waals surface area contributed by atoms with Gasteiger partial charge in [-0.15, -0.1) is 0 Å². The van der Waals surface area contributed by atoms with E-state index in [0.717, 1.165) is 12.3 Å². The molecule has 16 heteroatoms. The molecule has 0 radical (unpaired) electrons. The Labute approximate surface area is 210 Å². The number of esters is 1. The first kappa shape index (κ1) is 28.7. The van der Waals surface area contributed by atoms with Crippen molar-refractivity contribution in [3.05, 3.63) is 53.1 Å². The molecular weight excluding hydrogens is 518 g/mol. The average molecular weight is 546 g/mol. The molecule has 37 heavy (non-hydrogen) atoms. The van der Waals surface area contributed by atoms with Gasteiger partial charge in [0.15, 0.2) is 12.0 Å². The van der Waals surface area contributed by atoms with E-state index in [9.17, 15) is 24.4 Å². The minimum absolute atomic E-state index is 0.103. The number of anilines is 1. The van der Waals surface area contributed by atoms with Gasteiger partial charge in [-0.1, -0.05) is 18.2 Å². The van der Waals surface area contributed by atoms with E-state index in [2.05, 4.69) is 10.1 Å². The number of benzene rings is 1. The van der Waals surface area contributed by atoms with Crippen LogP contribution >= 0.6 is 7.75 Å². The number of hydrogen-bond acceptors (Lipinski definition) is 12. The zero-order valence-electron chi connectivity index (χ0n) is 20.1. The van der Waals surface area contributed by atoms with Gasteiger partial charge in [0, 0.05) is 6.20 Å². The van der Waals surface area contributed by atoms with Crippen LogP contribution < -0.4 is 20.8 Å². The smallest absolute Gasteiger partial charge is 0.459 e. The van der Waals surface area contributed by atoms with E-state index in [1.54, 1.807) is 37.5 Å². The molecule has 14 nitrogen and oxygen atoms in total. The summed E-state index contributed by atoms with van der Waals surface area (Å²) in [5.41, 5.74) is 0.519. The van der Waals surface area contributed by atoms with Gasteiger partial charge in [0.25, 0.3) is 5.85 Å². The van der Waals surface area contributed by atoms with Gasteiger partial charge in [-0.3, -0.25) is 24.6 Å². The van der Waals surface area contributed by atoms with Crippen molar-refractivity contribution in [3.63, 3.8) is 0 Å². The molecule has 1 aromatic carbocycles. The van der Waals surface area contributed by atoms with E-state index >= 15 is 4.39 Å². The Hall–Kier alpha value is -2.91. The maximum Gasteiger partial charge on any atom is 0.459 e. The predicted molar refractivity (Wildman–Crippen MR) is 124 cm³/mol. The van der Waals surface area contributed by atoms with Gasteiger partial charge in [-0.05, 0) is 39.0 Å². The summed E-state index contributed by atoms with van der Waals surface area (Å²) in [7, 11) is -4.39. The zero-order chi connectivity index (χ0) is 27.4. The summed E-state index contributed by atoms with van der Waals surface area (Å²) in [6.45, 7) is 3.81. The third-order valence-electron chi connectivity index (χ3n) is 5.05. The SMILES string of the molecule is CC(C)OC(=O)[C@H](C)NP(=O)(OC[C@H]1O[C@@H](n2ccc(NO)nc2=O)[C@@](O)(F)[C@@H]1O)Oc1ccccc1. The molecular formula is C21H28FN4O10P. The average Bonchev–Trinajstić information content (AvgIpc) is 3.06. The Morgan fingerprint density at radius 1 is 1.30 bits per heavy atom. The summed E-state index contributed by atoms with van der Waals surface area (Å²) < 4.78 is 50.4. The standard InChI is InChI=1S/C21H28FN4O10P/c1-12(2)34-18(28)13(3)25-37(32,36-14-7-5-4-6-8-14)33-11-15-17(27)21(22,30)19(35-15)26-10-9-16(24-31)23-20(26)29/h4-10,12-13,15,17,19,27,30-31H,11H2,1-3H3,(H,25,32)(H,23,24,29)/t13-,15+,17+,19+,21+,37?/m0/s1. The number of aliphatic hydroxyl groups excluding tert-OH is 1. The van der Waals surface area contributed by atoms with Crippen LogP contribution in [0.15, 0.2) is 47.4 Å². The lowest BCUT2D eigenvalue weighted by Gasteiger charge is -2.25. The maximum atomic E-state index is 15.1. The highest BCUT2D eigenvalue weighted by Crippen LogP contribution is 2.47. The van der Waals surface area contributed by atoms with Crippen molar-refractivity contribution in [1.82, 2.24) is 14.6 Å². The van der Waals surface area contributed by atoms with E-state index < -0.39 is 62.4 Å². The van der Waals surface area contributed by atoms with Crippen LogP contribution in [-0.2, 0) is 23.4 Å². The molecule has 2 heterocycles. The van der Waals surface area contributed by atoms with Crippen molar-refractivity contribution in [2.24, 2.45) is 0 Å². The van der Waals surface area contributed by atoms with Crippen LogP contribution in [0.4, 0.5) is 10.2 Å². The van der Waals surface area contributed by atoms with Crippen LogP contribution in [0.3, 0.4) is 0 Å². The van der Waals surface area contributed by atoms with Gasteiger partial charge in [0.2, 0.25) is 0 Å². The Kier molecular flexibility index (Phi) is 9.02.